The van der Waals surface area contributed by atoms with E-state index in [4.69, 9.17) is 9.47 Å². The summed E-state index contributed by atoms with van der Waals surface area (Å²) in [5.41, 5.74) is 6.62. The van der Waals surface area contributed by atoms with E-state index in [9.17, 15) is 9.59 Å². The lowest BCUT2D eigenvalue weighted by Crippen LogP contribution is -2.29. The highest BCUT2D eigenvalue weighted by Gasteiger charge is 2.19. The number of rotatable bonds is 9. The zero-order valence-corrected chi connectivity index (χ0v) is 21.9. The Labute approximate surface area is 220 Å². The minimum absolute atomic E-state index is 0.0805. The van der Waals surface area contributed by atoms with E-state index in [-0.39, 0.29) is 11.5 Å². The van der Waals surface area contributed by atoms with Gasteiger partial charge in [0.15, 0.2) is 0 Å². The number of aromatic amines is 1. The van der Waals surface area contributed by atoms with E-state index in [2.05, 4.69) is 54.6 Å². The van der Waals surface area contributed by atoms with Crippen LogP contribution in [0, 0.1) is 13.8 Å². The summed E-state index contributed by atoms with van der Waals surface area (Å²) in [6.45, 7) is 6.64. The summed E-state index contributed by atoms with van der Waals surface area (Å²) in [7, 11) is 0. The van der Waals surface area contributed by atoms with Crippen molar-refractivity contribution in [1.82, 2.24) is 9.27 Å². The van der Waals surface area contributed by atoms with Crippen LogP contribution in [0.25, 0.3) is 21.6 Å². The van der Waals surface area contributed by atoms with Gasteiger partial charge in [0.2, 0.25) is 5.91 Å². The number of hydrogen-bond acceptors (Lipinski definition) is 5. The number of H-pyrrole nitrogens is 1. The third-order valence-corrected chi connectivity index (χ3v) is 7.47. The second-order valence-electron chi connectivity index (χ2n) is 9.36. The van der Waals surface area contributed by atoms with Crippen LogP contribution in [0.4, 0.5) is 0 Å². The van der Waals surface area contributed by atoms with Gasteiger partial charge in [-0.2, -0.15) is 0 Å². The Morgan fingerprint density at radius 2 is 1.68 bits per heavy atom. The normalized spacial score (nSPS) is 13.2. The molecule has 5 rings (SSSR count). The molecule has 1 N–H and O–H groups in total. The monoisotopic (exact) mass is 514 g/mol. The maximum Gasteiger partial charge on any atom is 0.258 e. The molecule has 4 aromatic rings. The molecule has 0 radical (unpaired) electrons. The fraction of sp³-hybridized carbons (Fsp3) is 0.267. The second-order valence-corrected chi connectivity index (χ2v) is 10.2. The average Bonchev–Trinajstić information content (AvgIpc) is 3.51. The first-order chi connectivity index (χ1) is 18.0. The summed E-state index contributed by atoms with van der Waals surface area (Å²) in [6, 6.07) is 21.9. The van der Waals surface area contributed by atoms with Gasteiger partial charge in [-0.3, -0.25) is 14.0 Å². The summed E-state index contributed by atoms with van der Waals surface area (Å²) < 4.78 is 14.7. The number of hydrogen-bond donors (Lipinski definition) is 1. The Morgan fingerprint density at radius 3 is 2.35 bits per heavy atom. The largest absolute Gasteiger partial charge is 0.492 e. The number of carbonyl (C=O) groups is 1. The average molecular weight is 515 g/mol. The van der Waals surface area contributed by atoms with Crippen molar-refractivity contribution < 1.29 is 14.3 Å². The van der Waals surface area contributed by atoms with Crippen molar-refractivity contribution in [3.63, 3.8) is 0 Å². The molecule has 7 heteroatoms. The van der Waals surface area contributed by atoms with Crippen LogP contribution in [0.15, 0.2) is 71.5 Å². The zero-order valence-electron chi connectivity index (χ0n) is 21.1. The number of carbonyl (C=O) groups excluding carboxylic acids is 1. The highest BCUT2D eigenvalue weighted by Crippen LogP contribution is 2.32. The number of ether oxygens (including phenoxy) is 2. The molecular weight excluding hydrogens is 484 g/mol. The number of aryl methyl sites for hydroxylation is 2. The molecule has 0 atom stereocenters. The van der Waals surface area contributed by atoms with Crippen molar-refractivity contribution in [2.45, 2.75) is 33.3 Å². The van der Waals surface area contributed by atoms with Gasteiger partial charge in [-0.05, 0) is 96.1 Å². The third-order valence-electron chi connectivity index (χ3n) is 6.59. The van der Waals surface area contributed by atoms with Crippen LogP contribution >= 0.6 is 11.5 Å². The van der Waals surface area contributed by atoms with Gasteiger partial charge in [0.1, 0.15) is 24.7 Å². The SMILES string of the molecule is Cc1cc(OCCN2CCCC2=O)cc(C)c1-c1cccc(COc2ccc(-c3cc(=O)[nH]s3)cc2)c1. The fourth-order valence-corrected chi connectivity index (χ4v) is 5.49. The highest BCUT2D eigenvalue weighted by atomic mass is 32.1. The summed E-state index contributed by atoms with van der Waals surface area (Å²) in [5, 5.41) is 0. The van der Waals surface area contributed by atoms with E-state index in [1.54, 1.807) is 6.07 Å². The van der Waals surface area contributed by atoms with Crippen LogP contribution in [-0.4, -0.2) is 34.9 Å². The van der Waals surface area contributed by atoms with Crippen LogP contribution in [-0.2, 0) is 11.4 Å². The molecule has 1 amide bonds. The predicted octanol–water partition coefficient (Wildman–Crippen LogP) is 5.97. The molecule has 0 bridgehead atoms. The van der Waals surface area contributed by atoms with E-state index in [1.807, 2.05) is 29.2 Å². The molecule has 1 fully saturated rings. The lowest BCUT2D eigenvalue weighted by Gasteiger charge is -2.18. The number of benzene rings is 3. The Bertz CT molecular complexity index is 1430. The maximum absolute atomic E-state index is 11.8. The van der Waals surface area contributed by atoms with E-state index >= 15 is 0 Å². The molecule has 1 aromatic heterocycles. The first kappa shape index (κ1) is 24.8. The second kappa shape index (κ2) is 11.0. The van der Waals surface area contributed by atoms with Crippen molar-refractivity contribution in [1.29, 1.82) is 0 Å². The Hall–Kier alpha value is -3.84. The number of amides is 1. The number of likely N-dealkylation sites (tertiary alicyclic amines) is 1. The van der Waals surface area contributed by atoms with Gasteiger partial charge in [0, 0.05) is 19.0 Å². The smallest absolute Gasteiger partial charge is 0.258 e. The molecule has 2 heterocycles. The van der Waals surface area contributed by atoms with Crippen LogP contribution in [0.3, 0.4) is 0 Å². The molecule has 1 saturated heterocycles. The summed E-state index contributed by atoms with van der Waals surface area (Å²) in [6.07, 6.45) is 1.60. The van der Waals surface area contributed by atoms with Crippen molar-refractivity contribution in [2.75, 3.05) is 19.7 Å². The molecule has 1 aliphatic rings. The van der Waals surface area contributed by atoms with E-state index in [0.717, 1.165) is 57.2 Å². The lowest BCUT2D eigenvalue weighted by molar-refractivity contribution is -0.128. The number of aromatic nitrogens is 1. The van der Waals surface area contributed by atoms with Gasteiger partial charge in [0.05, 0.1) is 11.4 Å². The Kier molecular flexibility index (Phi) is 7.42. The molecule has 0 spiro atoms. The van der Waals surface area contributed by atoms with Crippen LogP contribution in [0.2, 0.25) is 0 Å². The topological polar surface area (TPSA) is 71.6 Å². The first-order valence-corrected chi connectivity index (χ1v) is 13.3. The maximum atomic E-state index is 11.8. The Morgan fingerprint density at radius 1 is 0.892 bits per heavy atom. The van der Waals surface area contributed by atoms with Gasteiger partial charge in [-0.15, -0.1) is 0 Å². The van der Waals surface area contributed by atoms with Gasteiger partial charge in [0.25, 0.3) is 5.56 Å². The van der Waals surface area contributed by atoms with Crippen molar-refractivity contribution in [3.05, 3.63) is 93.8 Å². The standard InChI is InChI=1S/C30H30N2O4S/c1-20-15-26(35-14-13-32-12-4-7-29(32)34)16-21(2)30(20)24-6-3-5-22(17-24)19-36-25-10-8-23(9-11-25)27-18-28(33)31-37-27/h3,5-6,8-11,15-18H,4,7,12-14,19H2,1-2H3,(H,31,33). The van der Waals surface area contributed by atoms with Gasteiger partial charge >= 0.3 is 0 Å². The van der Waals surface area contributed by atoms with Crippen LogP contribution in [0.5, 0.6) is 11.5 Å². The third kappa shape index (κ3) is 5.94. The van der Waals surface area contributed by atoms with E-state index in [1.165, 1.54) is 17.1 Å². The van der Waals surface area contributed by atoms with Crippen molar-refractivity contribution >= 4 is 17.4 Å². The molecule has 190 valence electrons. The quantitative estimate of drug-likeness (QED) is 0.299. The molecule has 1 aliphatic heterocycles. The van der Waals surface area contributed by atoms with Gasteiger partial charge in [-0.1, -0.05) is 29.7 Å². The minimum Gasteiger partial charge on any atom is -0.492 e. The molecule has 0 aliphatic carbocycles. The number of nitrogens with zero attached hydrogens (tertiary/aromatic N) is 1. The predicted molar refractivity (Wildman–Crippen MR) is 147 cm³/mol. The van der Waals surface area contributed by atoms with Crippen molar-refractivity contribution in [2.24, 2.45) is 0 Å². The zero-order chi connectivity index (χ0) is 25.8. The van der Waals surface area contributed by atoms with Gasteiger partial charge in [-0.25, -0.2) is 0 Å². The molecular formula is C30H30N2O4S. The highest BCUT2D eigenvalue weighted by molar-refractivity contribution is 7.09. The summed E-state index contributed by atoms with van der Waals surface area (Å²) in [4.78, 5) is 26.0. The number of nitrogens with one attached hydrogen (secondary N) is 1. The fourth-order valence-electron chi connectivity index (χ4n) is 4.80. The molecule has 3 aromatic carbocycles. The Balaban J connectivity index is 1.23. The summed E-state index contributed by atoms with van der Waals surface area (Å²) in [5.74, 6) is 1.84. The van der Waals surface area contributed by atoms with Gasteiger partial charge < -0.3 is 14.4 Å². The molecule has 6 nitrogen and oxygen atoms in total. The van der Waals surface area contributed by atoms with E-state index < -0.39 is 0 Å². The van der Waals surface area contributed by atoms with Crippen LogP contribution in [0.1, 0.15) is 29.5 Å². The van der Waals surface area contributed by atoms with Crippen LogP contribution < -0.4 is 15.0 Å². The summed E-state index contributed by atoms with van der Waals surface area (Å²) >= 11 is 1.33. The van der Waals surface area contributed by atoms with E-state index in [0.29, 0.717) is 26.2 Å². The molecule has 37 heavy (non-hydrogen) atoms. The van der Waals surface area contributed by atoms with Crippen molar-refractivity contribution in [3.8, 4) is 33.1 Å². The first-order valence-electron chi connectivity index (χ1n) is 12.5. The minimum atomic E-state index is -0.0805. The lowest BCUT2D eigenvalue weighted by atomic mass is 9.94. The molecule has 0 unspecified atom stereocenters. The molecule has 0 saturated carbocycles.